The maximum Gasteiger partial charge on any atom is 0.292 e. The summed E-state index contributed by atoms with van der Waals surface area (Å²) in [7, 11) is 0. The standard InChI is InChI=1S/C11H12O2/c1-3-12-11-10-8(2)5-4-6-9(10)7-13-11/h4-7H,3H2,1-2H3. The van der Waals surface area contributed by atoms with Crippen LogP contribution in [0.1, 0.15) is 12.5 Å². The second-order valence-corrected chi connectivity index (χ2v) is 3.00. The van der Waals surface area contributed by atoms with E-state index in [0.717, 1.165) is 10.8 Å². The molecule has 0 radical (unpaired) electrons. The minimum atomic E-state index is 0.635. The maximum atomic E-state index is 5.37. The van der Waals surface area contributed by atoms with Gasteiger partial charge in [-0.15, -0.1) is 0 Å². The molecule has 0 aliphatic carbocycles. The first-order valence-corrected chi connectivity index (χ1v) is 4.42. The van der Waals surface area contributed by atoms with Gasteiger partial charge >= 0.3 is 0 Å². The number of benzene rings is 1. The van der Waals surface area contributed by atoms with Gasteiger partial charge in [0.15, 0.2) is 0 Å². The van der Waals surface area contributed by atoms with Gasteiger partial charge in [-0.1, -0.05) is 18.2 Å². The van der Waals surface area contributed by atoms with Gasteiger partial charge < -0.3 is 9.15 Å². The van der Waals surface area contributed by atoms with Crippen LogP contribution in [0, 0.1) is 6.92 Å². The summed E-state index contributed by atoms with van der Waals surface area (Å²) in [5.41, 5.74) is 1.19. The Morgan fingerprint density at radius 3 is 3.00 bits per heavy atom. The molecule has 13 heavy (non-hydrogen) atoms. The third-order valence-electron chi connectivity index (χ3n) is 2.08. The lowest BCUT2D eigenvalue weighted by atomic mass is 10.1. The van der Waals surface area contributed by atoms with E-state index in [4.69, 9.17) is 9.15 Å². The minimum absolute atomic E-state index is 0.635. The SMILES string of the molecule is CCOc1occ2cccc(C)c12. The lowest BCUT2D eigenvalue weighted by Gasteiger charge is -1.99. The molecule has 2 heteroatoms. The smallest absolute Gasteiger partial charge is 0.292 e. The molecule has 0 aliphatic rings. The van der Waals surface area contributed by atoms with E-state index in [9.17, 15) is 0 Å². The highest BCUT2D eigenvalue weighted by molar-refractivity contribution is 5.89. The fourth-order valence-corrected chi connectivity index (χ4v) is 1.48. The highest BCUT2D eigenvalue weighted by Gasteiger charge is 2.08. The fourth-order valence-electron chi connectivity index (χ4n) is 1.48. The molecule has 0 saturated carbocycles. The fraction of sp³-hybridized carbons (Fsp3) is 0.273. The van der Waals surface area contributed by atoms with Gasteiger partial charge in [0.05, 0.1) is 12.0 Å². The number of hydrogen-bond acceptors (Lipinski definition) is 2. The van der Waals surface area contributed by atoms with Gasteiger partial charge in [-0.3, -0.25) is 0 Å². The van der Waals surface area contributed by atoms with E-state index in [1.807, 2.05) is 19.1 Å². The van der Waals surface area contributed by atoms with E-state index < -0.39 is 0 Å². The lowest BCUT2D eigenvalue weighted by molar-refractivity contribution is 0.261. The van der Waals surface area contributed by atoms with Crippen LogP contribution in [-0.4, -0.2) is 6.61 Å². The van der Waals surface area contributed by atoms with Crippen LogP contribution >= 0.6 is 0 Å². The van der Waals surface area contributed by atoms with Crippen LogP contribution in [0.2, 0.25) is 0 Å². The van der Waals surface area contributed by atoms with Gasteiger partial charge in [-0.2, -0.15) is 0 Å². The summed E-state index contributed by atoms with van der Waals surface area (Å²) < 4.78 is 10.7. The van der Waals surface area contributed by atoms with Crippen molar-refractivity contribution in [1.29, 1.82) is 0 Å². The quantitative estimate of drug-likeness (QED) is 0.701. The summed E-state index contributed by atoms with van der Waals surface area (Å²) in [6, 6.07) is 6.09. The topological polar surface area (TPSA) is 22.4 Å². The highest BCUT2D eigenvalue weighted by atomic mass is 16.6. The highest BCUT2D eigenvalue weighted by Crippen LogP contribution is 2.30. The molecule has 1 heterocycles. The first-order chi connectivity index (χ1) is 6.33. The van der Waals surface area contributed by atoms with E-state index in [1.54, 1.807) is 6.26 Å². The largest absolute Gasteiger partial charge is 0.465 e. The Kier molecular flexibility index (Phi) is 1.97. The molecule has 2 rings (SSSR count). The van der Waals surface area contributed by atoms with Crippen LogP contribution in [0.3, 0.4) is 0 Å². The average Bonchev–Trinajstić information content (AvgIpc) is 2.51. The first-order valence-electron chi connectivity index (χ1n) is 4.42. The van der Waals surface area contributed by atoms with Gasteiger partial charge in [-0.25, -0.2) is 0 Å². The van der Waals surface area contributed by atoms with Crippen LogP contribution in [0.5, 0.6) is 5.95 Å². The van der Waals surface area contributed by atoms with Crippen molar-refractivity contribution in [3.63, 3.8) is 0 Å². The van der Waals surface area contributed by atoms with Crippen molar-refractivity contribution in [1.82, 2.24) is 0 Å². The molecule has 1 aromatic heterocycles. The van der Waals surface area contributed by atoms with Crippen molar-refractivity contribution >= 4 is 10.8 Å². The molecule has 0 unspecified atom stereocenters. The zero-order valence-electron chi connectivity index (χ0n) is 7.83. The zero-order valence-corrected chi connectivity index (χ0v) is 7.83. The van der Waals surface area contributed by atoms with Crippen LogP contribution in [0.15, 0.2) is 28.9 Å². The first kappa shape index (κ1) is 8.17. The molecular weight excluding hydrogens is 164 g/mol. The van der Waals surface area contributed by atoms with Gasteiger partial charge in [0, 0.05) is 5.39 Å². The number of aryl methyl sites for hydroxylation is 1. The van der Waals surface area contributed by atoms with Crippen molar-refractivity contribution in [2.45, 2.75) is 13.8 Å². The summed E-state index contributed by atoms with van der Waals surface area (Å²) >= 11 is 0. The molecule has 0 N–H and O–H groups in total. The van der Waals surface area contributed by atoms with Crippen molar-refractivity contribution in [3.05, 3.63) is 30.0 Å². The van der Waals surface area contributed by atoms with E-state index in [1.165, 1.54) is 5.56 Å². The molecular formula is C11H12O2. The zero-order chi connectivity index (χ0) is 9.26. The summed E-state index contributed by atoms with van der Waals surface area (Å²) in [4.78, 5) is 0. The molecule has 2 aromatic rings. The van der Waals surface area contributed by atoms with Gasteiger partial charge in [0.25, 0.3) is 5.95 Å². The second-order valence-electron chi connectivity index (χ2n) is 3.00. The van der Waals surface area contributed by atoms with Crippen molar-refractivity contribution in [3.8, 4) is 5.95 Å². The Balaban J connectivity index is 2.64. The number of hydrogen-bond donors (Lipinski definition) is 0. The Labute approximate surface area is 77.1 Å². The van der Waals surface area contributed by atoms with Gasteiger partial charge in [-0.05, 0) is 19.4 Å². The molecule has 68 valence electrons. The maximum absolute atomic E-state index is 5.37. The molecule has 0 spiro atoms. The molecule has 2 nitrogen and oxygen atoms in total. The predicted octanol–water partition coefficient (Wildman–Crippen LogP) is 3.14. The van der Waals surface area contributed by atoms with Crippen molar-refractivity contribution in [2.75, 3.05) is 6.61 Å². The van der Waals surface area contributed by atoms with Crippen LogP contribution in [-0.2, 0) is 0 Å². The molecule has 0 atom stereocenters. The molecule has 0 saturated heterocycles. The normalized spacial score (nSPS) is 10.6. The molecule has 0 bridgehead atoms. The van der Waals surface area contributed by atoms with E-state index >= 15 is 0 Å². The Morgan fingerprint density at radius 2 is 2.23 bits per heavy atom. The third-order valence-corrected chi connectivity index (χ3v) is 2.08. The average molecular weight is 176 g/mol. The summed E-state index contributed by atoms with van der Waals surface area (Å²) in [5.74, 6) is 0.635. The number of ether oxygens (including phenoxy) is 1. The van der Waals surface area contributed by atoms with E-state index in [2.05, 4.69) is 13.0 Å². The Hall–Kier alpha value is -1.44. The number of rotatable bonds is 2. The molecule has 0 amide bonds. The van der Waals surface area contributed by atoms with Crippen LogP contribution < -0.4 is 4.74 Å². The predicted molar refractivity (Wildman–Crippen MR) is 52.1 cm³/mol. The van der Waals surface area contributed by atoms with E-state index in [-0.39, 0.29) is 0 Å². The van der Waals surface area contributed by atoms with Crippen molar-refractivity contribution in [2.24, 2.45) is 0 Å². The summed E-state index contributed by atoms with van der Waals surface area (Å²) in [5, 5.41) is 2.19. The molecule has 0 aliphatic heterocycles. The Morgan fingerprint density at radius 1 is 1.38 bits per heavy atom. The van der Waals surface area contributed by atoms with Crippen LogP contribution in [0.25, 0.3) is 10.8 Å². The second kappa shape index (κ2) is 3.13. The summed E-state index contributed by atoms with van der Waals surface area (Å²) in [6.45, 7) is 4.64. The van der Waals surface area contributed by atoms with Gasteiger partial charge in [0.2, 0.25) is 0 Å². The Bertz CT molecular complexity index is 415. The third kappa shape index (κ3) is 1.28. The minimum Gasteiger partial charge on any atom is -0.465 e. The van der Waals surface area contributed by atoms with E-state index in [0.29, 0.717) is 12.6 Å². The molecule has 1 aromatic carbocycles. The monoisotopic (exact) mass is 176 g/mol. The van der Waals surface area contributed by atoms with Crippen LogP contribution in [0.4, 0.5) is 0 Å². The number of fused-ring (bicyclic) bond motifs is 1. The molecule has 0 fully saturated rings. The van der Waals surface area contributed by atoms with Gasteiger partial charge in [0.1, 0.15) is 6.26 Å². The van der Waals surface area contributed by atoms with Crippen molar-refractivity contribution < 1.29 is 9.15 Å². The number of furan rings is 1. The lowest BCUT2D eigenvalue weighted by Crippen LogP contribution is -1.90. The summed E-state index contributed by atoms with van der Waals surface area (Å²) in [6.07, 6.45) is 1.73.